The third kappa shape index (κ3) is 3.22. The number of amides is 2. The van der Waals surface area contributed by atoms with E-state index in [-0.39, 0.29) is 11.8 Å². The first-order valence-electron chi connectivity index (χ1n) is 8.35. The Bertz CT molecular complexity index is 910. The topological polar surface area (TPSA) is 64.4 Å². The highest BCUT2D eigenvalue weighted by Gasteiger charge is 2.23. The van der Waals surface area contributed by atoms with Crippen LogP contribution in [0.1, 0.15) is 27.0 Å². The van der Waals surface area contributed by atoms with E-state index in [0.717, 1.165) is 11.1 Å². The van der Waals surface area contributed by atoms with Crippen molar-refractivity contribution in [3.05, 3.63) is 77.4 Å². The second-order valence-electron chi connectivity index (χ2n) is 6.18. The molecule has 0 aliphatic carbocycles. The minimum Gasteiger partial charge on any atom is -0.334 e. The summed E-state index contributed by atoms with van der Waals surface area (Å²) in [7, 11) is 1.66. The molecule has 1 heterocycles. The van der Waals surface area contributed by atoms with Crippen LogP contribution in [-0.4, -0.2) is 30.3 Å². The van der Waals surface area contributed by atoms with Gasteiger partial charge in [0.15, 0.2) is 0 Å². The van der Waals surface area contributed by atoms with Crippen LogP contribution in [0.25, 0.3) is 0 Å². The molecule has 0 unspecified atom stereocenters. The third-order valence-electron chi connectivity index (χ3n) is 4.68. The normalized spacial score (nSPS) is 12.7. The Balaban J connectivity index is 1.77. The Morgan fingerprint density at radius 1 is 1.23 bits per heavy atom. The van der Waals surface area contributed by atoms with Crippen molar-refractivity contribution in [1.29, 1.82) is 5.26 Å². The van der Waals surface area contributed by atoms with Crippen LogP contribution in [0.5, 0.6) is 0 Å². The van der Waals surface area contributed by atoms with Gasteiger partial charge in [-0.15, -0.1) is 0 Å². The lowest BCUT2D eigenvalue weighted by molar-refractivity contribution is -0.113. The minimum atomic E-state index is -0.204. The van der Waals surface area contributed by atoms with E-state index in [1.165, 1.54) is 11.0 Å². The molecule has 0 atom stereocenters. The standard InChI is InChI=1S/C21H19N3O2/c1-3-20(25)23(2)18-9-7-15(8-10-18)21(26)24-12-11-19-16(13-22)5-4-6-17(19)14-24/h3-10H,1,11-12,14H2,2H3. The number of likely N-dealkylation sites (N-methyl/N-ethyl adjacent to an activating group) is 1. The molecule has 0 saturated carbocycles. The van der Waals surface area contributed by atoms with Gasteiger partial charge in [0.25, 0.3) is 5.91 Å². The SMILES string of the molecule is C=CC(=O)N(C)c1ccc(C(=O)N2CCc3c(C#N)cccc3C2)cc1. The molecule has 0 fully saturated rings. The number of rotatable bonds is 3. The van der Waals surface area contributed by atoms with Gasteiger partial charge in [-0.3, -0.25) is 9.59 Å². The number of carbonyl (C=O) groups excluding carboxylic acids is 2. The van der Waals surface area contributed by atoms with Crippen LogP contribution in [0.2, 0.25) is 0 Å². The maximum Gasteiger partial charge on any atom is 0.254 e. The van der Waals surface area contributed by atoms with Crippen LogP contribution in [0.3, 0.4) is 0 Å². The van der Waals surface area contributed by atoms with Gasteiger partial charge in [-0.2, -0.15) is 5.26 Å². The maximum absolute atomic E-state index is 12.8. The van der Waals surface area contributed by atoms with E-state index in [4.69, 9.17) is 0 Å². The van der Waals surface area contributed by atoms with Crippen molar-refractivity contribution in [3.63, 3.8) is 0 Å². The zero-order valence-corrected chi connectivity index (χ0v) is 14.6. The summed E-state index contributed by atoms with van der Waals surface area (Å²) < 4.78 is 0. The number of nitrogens with zero attached hydrogens (tertiary/aromatic N) is 3. The average Bonchev–Trinajstić information content (AvgIpc) is 2.71. The Kier molecular flexibility index (Phi) is 4.85. The van der Waals surface area contributed by atoms with E-state index in [2.05, 4.69) is 12.6 Å². The van der Waals surface area contributed by atoms with E-state index < -0.39 is 0 Å². The number of hydrogen-bond donors (Lipinski definition) is 0. The smallest absolute Gasteiger partial charge is 0.254 e. The molecule has 3 rings (SSSR count). The third-order valence-corrected chi connectivity index (χ3v) is 4.68. The Morgan fingerprint density at radius 3 is 2.62 bits per heavy atom. The molecule has 0 bridgehead atoms. The highest BCUT2D eigenvalue weighted by atomic mass is 16.2. The largest absolute Gasteiger partial charge is 0.334 e. The summed E-state index contributed by atoms with van der Waals surface area (Å²) in [5.41, 5.74) is 4.03. The number of anilines is 1. The lowest BCUT2D eigenvalue weighted by Gasteiger charge is -2.29. The lowest BCUT2D eigenvalue weighted by atomic mass is 9.94. The van der Waals surface area contributed by atoms with Crippen LogP contribution >= 0.6 is 0 Å². The number of nitriles is 1. The summed E-state index contributed by atoms with van der Waals surface area (Å²) in [6.45, 7) is 4.56. The van der Waals surface area contributed by atoms with Crippen LogP contribution < -0.4 is 4.90 Å². The Morgan fingerprint density at radius 2 is 1.96 bits per heavy atom. The van der Waals surface area contributed by atoms with E-state index in [1.807, 2.05) is 18.2 Å². The van der Waals surface area contributed by atoms with Gasteiger partial charge in [0.2, 0.25) is 5.91 Å². The van der Waals surface area contributed by atoms with E-state index in [9.17, 15) is 14.9 Å². The zero-order chi connectivity index (χ0) is 18.7. The molecule has 1 aliphatic heterocycles. The van der Waals surface area contributed by atoms with Gasteiger partial charge in [-0.25, -0.2) is 0 Å². The molecule has 26 heavy (non-hydrogen) atoms. The predicted molar refractivity (Wildman–Crippen MR) is 99.7 cm³/mol. The summed E-state index contributed by atoms with van der Waals surface area (Å²) in [6, 6.07) is 14.8. The van der Waals surface area contributed by atoms with Crippen LogP contribution in [0, 0.1) is 11.3 Å². The van der Waals surface area contributed by atoms with Crippen LogP contribution in [0.4, 0.5) is 5.69 Å². The lowest BCUT2D eigenvalue weighted by Crippen LogP contribution is -2.36. The summed E-state index contributed by atoms with van der Waals surface area (Å²) in [5.74, 6) is -0.257. The molecule has 0 spiro atoms. The van der Waals surface area contributed by atoms with Crippen molar-refractivity contribution in [3.8, 4) is 6.07 Å². The Hall–Kier alpha value is -3.39. The van der Waals surface area contributed by atoms with Crippen molar-refractivity contribution in [1.82, 2.24) is 4.90 Å². The van der Waals surface area contributed by atoms with Crippen molar-refractivity contribution < 1.29 is 9.59 Å². The minimum absolute atomic E-state index is 0.0535. The van der Waals surface area contributed by atoms with Gasteiger partial charge in [-0.1, -0.05) is 18.7 Å². The molecule has 2 amide bonds. The van der Waals surface area contributed by atoms with Gasteiger partial charge in [0, 0.05) is 31.4 Å². The van der Waals surface area contributed by atoms with Crippen molar-refractivity contribution in [2.24, 2.45) is 0 Å². The first kappa shape index (κ1) is 17.4. The van der Waals surface area contributed by atoms with Gasteiger partial charge in [0.1, 0.15) is 0 Å². The first-order valence-corrected chi connectivity index (χ1v) is 8.35. The predicted octanol–water partition coefficient (Wildman–Crippen LogP) is 2.91. The van der Waals surface area contributed by atoms with Crippen molar-refractivity contribution in [2.45, 2.75) is 13.0 Å². The molecule has 5 heteroatoms. The monoisotopic (exact) mass is 345 g/mol. The fourth-order valence-corrected chi connectivity index (χ4v) is 3.16. The molecular weight excluding hydrogens is 326 g/mol. The van der Waals surface area contributed by atoms with Gasteiger partial charge in [-0.05, 0) is 54.0 Å². The molecule has 0 radical (unpaired) electrons. The fraction of sp³-hybridized carbons (Fsp3) is 0.190. The van der Waals surface area contributed by atoms with Gasteiger partial charge in [0.05, 0.1) is 11.6 Å². The molecule has 5 nitrogen and oxygen atoms in total. The van der Waals surface area contributed by atoms with Crippen molar-refractivity contribution >= 4 is 17.5 Å². The quantitative estimate of drug-likeness (QED) is 0.804. The highest BCUT2D eigenvalue weighted by Crippen LogP contribution is 2.24. The molecule has 0 N–H and O–H groups in total. The van der Waals surface area contributed by atoms with Gasteiger partial charge < -0.3 is 9.80 Å². The second kappa shape index (κ2) is 7.24. The van der Waals surface area contributed by atoms with E-state index >= 15 is 0 Å². The highest BCUT2D eigenvalue weighted by molar-refractivity contribution is 6.01. The molecular formula is C21H19N3O2. The van der Waals surface area contributed by atoms with Gasteiger partial charge >= 0.3 is 0 Å². The Labute approximate surface area is 152 Å². The van der Waals surface area contributed by atoms with E-state index in [1.54, 1.807) is 36.2 Å². The summed E-state index contributed by atoms with van der Waals surface area (Å²) in [5, 5.41) is 9.21. The fourth-order valence-electron chi connectivity index (χ4n) is 3.16. The summed E-state index contributed by atoms with van der Waals surface area (Å²) in [6.07, 6.45) is 1.93. The first-order chi connectivity index (χ1) is 12.5. The zero-order valence-electron chi connectivity index (χ0n) is 14.6. The molecule has 0 aromatic heterocycles. The van der Waals surface area contributed by atoms with Crippen LogP contribution in [-0.2, 0) is 17.8 Å². The summed E-state index contributed by atoms with van der Waals surface area (Å²) >= 11 is 0. The molecule has 2 aromatic carbocycles. The van der Waals surface area contributed by atoms with Crippen molar-refractivity contribution in [2.75, 3.05) is 18.5 Å². The second-order valence-corrected chi connectivity index (χ2v) is 6.18. The summed E-state index contributed by atoms with van der Waals surface area (Å²) in [4.78, 5) is 27.7. The number of fused-ring (bicyclic) bond motifs is 1. The number of benzene rings is 2. The number of hydrogen-bond acceptors (Lipinski definition) is 3. The molecule has 1 aliphatic rings. The average molecular weight is 345 g/mol. The van der Waals surface area contributed by atoms with E-state index in [0.29, 0.717) is 36.3 Å². The molecule has 0 saturated heterocycles. The number of carbonyl (C=O) groups is 2. The molecule has 130 valence electrons. The maximum atomic E-state index is 12.8. The molecule has 2 aromatic rings. The van der Waals surface area contributed by atoms with Crippen LogP contribution in [0.15, 0.2) is 55.1 Å².